The molecule has 2 atom stereocenters. The smallest absolute Gasteiger partial charge is 0.207 e. The van der Waals surface area contributed by atoms with Gasteiger partial charge < -0.3 is 0 Å². The molecule has 0 N–H and O–H groups in total. The minimum absolute atomic E-state index is 0.147. The van der Waals surface area contributed by atoms with Crippen molar-refractivity contribution >= 4 is 15.9 Å². The summed E-state index contributed by atoms with van der Waals surface area (Å²) in [5.74, 6) is -9.73. The van der Waals surface area contributed by atoms with E-state index < -0.39 is 34.8 Å². The van der Waals surface area contributed by atoms with Gasteiger partial charge in [0, 0.05) is 17.2 Å². The third kappa shape index (κ3) is 2.27. The quantitative estimate of drug-likeness (QED) is 0.544. The van der Waals surface area contributed by atoms with Crippen molar-refractivity contribution in [2.45, 2.75) is 29.5 Å². The number of rotatable bonds is 3. The van der Waals surface area contributed by atoms with E-state index in [4.69, 9.17) is 0 Å². The SMILES string of the molecule is Fc1cccc(C(Br)CC2CC(F)(F)C2(F)F)c1. The normalized spacial score (nSPS) is 26.4. The van der Waals surface area contributed by atoms with E-state index in [0.29, 0.717) is 5.56 Å². The lowest BCUT2D eigenvalue weighted by atomic mass is 9.74. The molecule has 1 aliphatic carbocycles. The van der Waals surface area contributed by atoms with E-state index in [-0.39, 0.29) is 6.42 Å². The monoisotopic (exact) mass is 328 g/mol. The Morgan fingerprint density at radius 2 is 1.94 bits per heavy atom. The van der Waals surface area contributed by atoms with Crippen LogP contribution < -0.4 is 0 Å². The van der Waals surface area contributed by atoms with Crippen LogP contribution in [0.3, 0.4) is 0 Å². The first kappa shape index (κ1) is 13.8. The molecule has 0 radical (unpaired) electrons. The van der Waals surface area contributed by atoms with Crippen LogP contribution in [0.4, 0.5) is 22.0 Å². The molecule has 0 spiro atoms. The predicted molar refractivity (Wildman–Crippen MR) is 60.7 cm³/mol. The average molecular weight is 329 g/mol. The highest BCUT2D eigenvalue weighted by atomic mass is 79.9. The molecule has 2 rings (SSSR count). The van der Waals surface area contributed by atoms with Gasteiger partial charge in [0.1, 0.15) is 5.82 Å². The maximum absolute atomic E-state index is 13.1. The summed E-state index contributed by atoms with van der Waals surface area (Å²) in [5, 5.41) is 0. The standard InChI is InChI=1S/C12H10BrF5/c13-10(7-2-1-3-9(14)4-7)5-8-6-11(15,16)12(8,17)18/h1-4,8,10H,5-6H2. The topological polar surface area (TPSA) is 0 Å². The van der Waals surface area contributed by atoms with Crippen LogP contribution in [-0.2, 0) is 0 Å². The maximum atomic E-state index is 13.1. The molecule has 18 heavy (non-hydrogen) atoms. The molecule has 0 bridgehead atoms. The number of hydrogen-bond acceptors (Lipinski definition) is 0. The lowest BCUT2D eigenvalue weighted by Crippen LogP contribution is -2.58. The van der Waals surface area contributed by atoms with Crippen LogP contribution >= 0.6 is 15.9 Å². The summed E-state index contributed by atoms with van der Waals surface area (Å²) in [7, 11) is 0. The Kier molecular flexibility index (Phi) is 3.42. The third-order valence-corrected chi connectivity index (χ3v) is 4.11. The number of hydrogen-bond donors (Lipinski definition) is 0. The van der Waals surface area contributed by atoms with E-state index in [0.717, 1.165) is 0 Å². The van der Waals surface area contributed by atoms with Gasteiger partial charge >= 0.3 is 11.8 Å². The van der Waals surface area contributed by atoms with E-state index in [1.54, 1.807) is 6.07 Å². The molecule has 0 heterocycles. The zero-order chi connectivity index (χ0) is 13.6. The summed E-state index contributed by atoms with van der Waals surface area (Å²) < 4.78 is 64.4. The number of benzene rings is 1. The van der Waals surface area contributed by atoms with Crippen molar-refractivity contribution in [1.82, 2.24) is 0 Å². The van der Waals surface area contributed by atoms with Crippen molar-refractivity contribution in [1.29, 1.82) is 0 Å². The van der Waals surface area contributed by atoms with Crippen molar-refractivity contribution in [2.75, 3.05) is 0 Å². The summed E-state index contributed by atoms with van der Waals surface area (Å²) in [6.45, 7) is 0. The van der Waals surface area contributed by atoms with Crippen LogP contribution in [0.1, 0.15) is 23.2 Å². The molecule has 1 aromatic carbocycles. The summed E-state index contributed by atoms with van der Waals surface area (Å²) in [4.78, 5) is -0.555. The van der Waals surface area contributed by atoms with Crippen molar-refractivity contribution in [3.63, 3.8) is 0 Å². The van der Waals surface area contributed by atoms with Gasteiger partial charge in [0.15, 0.2) is 0 Å². The molecule has 6 heteroatoms. The fourth-order valence-corrected chi connectivity index (χ4v) is 2.80. The van der Waals surface area contributed by atoms with Gasteiger partial charge in [0.05, 0.1) is 0 Å². The zero-order valence-electron chi connectivity index (χ0n) is 9.15. The highest BCUT2D eigenvalue weighted by Gasteiger charge is 2.71. The van der Waals surface area contributed by atoms with Crippen LogP contribution in [0.5, 0.6) is 0 Å². The minimum Gasteiger partial charge on any atom is -0.207 e. The van der Waals surface area contributed by atoms with Gasteiger partial charge in [-0.1, -0.05) is 28.1 Å². The van der Waals surface area contributed by atoms with Gasteiger partial charge in [0.25, 0.3) is 0 Å². The average Bonchev–Trinajstić information content (AvgIpc) is 2.28. The van der Waals surface area contributed by atoms with Gasteiger partial charge in [0.2, 0.25) is 0 Å². The molecule has 1 aromatic rings. The fourth-order valence-electron chi connectivity index (χ4n) is 2.06. The van der Waals surface area contributed by atoms with Gasteiger partial charge in [-0.3, -0.25) is 0 Å². The minimum atomic E-state index is -3.97. The Bertz CT molecular complexity index is 446. The first-order valence-corrected chi connectivity index (χ1v) is 6.31. The lowest BCUT2D eigenvalue weighted by molar-refractivity contribution is -0.314. The highest BCUT2D eigenvalue weighted by Crippen LogP contribution is 2.58. The van der Waals surface area contributed by atoms with Crippen LogP contribution in [0.15, 0.2) is 24.3 Å². The van der Waals surface area contributed by atoms with E-state index in [2.05, 4.69) is 15.9 Å². The maximum Gasteiger partial charge on any atom is 0.313 e. The Hall–Kier alpha value is -0.650. The summed E-state index contributed by atoms with van der Waals surface area (Å²) in [5.41, 5.74) is 0.473. The molecule has 100 valence electrons. The Morgan fingerprint density at radius 3 is 2.44 bits per heavy atom. The molecule has 0 aromatic heterocycles. The molecule has 1 saturated carbocycles. The molecular weight excluding hydrogens is 319 g/mol. The molecular formula is C12H10BrF5. The van der Waals surface area contributed by atoms with Crippen molar-refractivity contribution in [3.8, 4) is 0 Å². The van der Waals surface area contributed by atoms with Crippen LogP contribution in [-0.4, -0.2) is 11.8 Å². The van der Waals surface area contributed by atoms with Crippen LogP contribution in [0, 0.1) is 11.7 Å². The Balaban J connectivity index is 2.04. The Labute approximate surface area is 109 Å². The van der Waals surface area contributed by atoms with Crippen LogP contribution in [0.25, 0.3) is 0 Å². The van der Waals surface area contributed by atoms with E-state index in [9.17, 15) is 22.0 Å². The first-order valence-electron chi connectivity index (χ1n) is 5.39. The molecule has 1 fully saturated rings. The number of halogens is 6. The molecule has 0 saturated heterocycles. The van der Waals surface area contributed by atoms with Gasteiger partial charge in [-0.2, -0.15) is 17.6 Å². The van der Waals surface area contributed by atoms with Crippen LogP contribution in [0.2, 0.25) is 0 Å². The third-order valence-electron chi connectivity index (χ3n) is 3.20. The second-order valence-corrected chi connectivity index (χ2v) is 5.59. The highest BCUT2D eigenvalue weighted by molar-refractivity contribution is 9.09. The van der Waals surface area contributed by atoms with E-state index in [1.165, 1.54) is 18.2 Å². The van der Waals surface area contributed by atoms with E-state index >= 15 is 0 Å². The van der Waals surface area contributed by atoms with Crippen molar-refractivity contribution in [3.05, 3.63) is 35.6 Å². The van der Waals surface area contributed by atoms with Crippen molar-refractivity contribution < 1.29 is 22.0 Å². The molecule has 0 amide bonds. The fraction of sp³-hybridized carbons (Fsp3) is 0.500. The first-order chi connectivity index (χ1) is 8.24. The predicted octanol–water partition coefficient (Wildman–Crippen LogP) is 4.94. The van der Waals surface area contributed by atoms with Gasteiger partial charge in [-0.15, -0.1) is 0 Å². The second kappa shape index (κ2) is 4.47. The Morgan fingerprint density at radius 1 is 1.28 bits per heavy atom. The van der Waals surface area contributed by atoms with Gasteiger partial charge in [-0.25, -0.2) is 4.39 Å². The summed E-state index contributed by atoms with van der Waals surface area (Å²) >= 11 is 3.14. The van der Waals surface area contributed by atoms with Crippen molar-refractivity contribution in [2.24, 2.45) is 5.92 Å². The molecule has 0 aliphatic heterocycles. The second-order valence-electron chi connectivity index (χ2n) is 4.49. The van der Waals surface area contributed by atoms with Gasteiger partial charge in [-0.05, 0) is 24.1 Å². The lowest BCUT2D eigenvalue weighted by Gasteiger charge is -2.44. The zero-order valence-corrected chi connectivity index (χ0v) is 10.7. The molecule has 0 nitrogen and oxygen atoms in total. The molecule has 2 unspecified atom stereocenters. The summed E-state index contributed by atoms with van der Waals surface area (Å²) in [6, 6.07) is 5.45. The van der Waals surface area contributed by atoms with E-state index in [1.807, 2.05) is 0 Å². The number of alkyl halides is 5. The summed E-state index contributed by atoms with van der Waals surface area (Å²) in [6.07, 6.45) is -0.969. The largest absolute Gasteiger partial charge is 0.313 e. The molecule has 1 aliphatic rings.